The van der Waals surface area contributed by atoms with Gasteiger partial charge < -0.3 is 15.2 Å². The molecule has 16 heavy (non-hydrogen) atoms. The molecule has 4 heteroatoms. The SMILES string of the molecule is COc1cc(C2(N)CC2)c(C)c(Cl)c1OC. The fourth-order valence-corrected chi connectivity index (χ4v) is 2.24. The molecule has 1 aliphatic rings. The first kappa shape index (κ1) is 11.6. The van der Waals surface area contributed by atoms with E-state index in [0.29, 0.717) is 16.5 Å². The standard InChI is InChI=1S/C12H16ClNO2/c1-7-8(12(14)4-5-12)6-9(15-2)11(16-3)10(7)13/h6H,4-5,14H2,1-3H3. The van der Waals surface area contributed by atoms with Gasteiger partial charge in [-0.25, -0.2) is 0 Å². The Kier molecular flexibility index (Phi) is 2.76. The molecule has 1 aromatic rings. The third kappa shape index (κ3) is 1.64. The third-order valence-corrected chi connectivity index (χ3v) is 3.64. The maximum absolute atomic E-state index is 6.26. The summed E-state index contributed by atoms with van der Waals surface area (Å²) in [7, 11) is 3.18. The fourth-order valence-electron chi connectivity index (χ4n) is 1.96. The Balaban J connectivity index is 2.60. The maximum atomic E-state index is 6.26. The average Bonchev–Trinajstić information content (AvgIpc) is 3.01. The summed E-state index contributed by atoms with van der Waals surface area (Å²) in [4.78, 5) is 0. The van der Waals surface area contributed by atoms with Crippen molar-refractivity contribution in [2.75, 3.05) is 14.2 Å². The summed E-state index contributed by atoms with van der Waals surface area (Å²) >= 11 is 6.26. The van der Waals surface area contributed by atoms with Crippen LogP contribution in [0.4, 0.5) is 0 Å². The van der Waals surface area contributed by atoms with Gasteiger partial charge in [-0.1, -0.05) is 11.6 Å². The minimum Gasteiger partial charge on any atom is -0.493 e. The molecule has 0 amide bonds. The molecule has 88 valence electrons. The predicted molar refractivity (Wildman–Crippen MR) is 64.4 cm³/mol. The van der Waals surface area contributed by atoms with Gasteiger partial charge in [-0.3, -0.25) is 0 Å². The Morgan fingerprint density at radius 1 is 1.31 bits per heavy atom. The molecule has 1 aromatic carbocycles. The molecular formula is C12H16ClNO2. The summed E-state index contributed by atoms with van der Waals surface area (Å²) in [5, 5.41) is 0.591. The number of hydrogen-bond acceptors (Lipinski definition) is 3. The number of rotatable bonds is 3. The molecule has 0 unspecified atom stereocenters. The van der Waals surface area contributed by atoms with Gasteiger partial charge in [0.05, 0.1) is 19.2 Å². The molecule has 0 saturated heterocycles. The normalized spacial score (nSPS) is 17.1. The summed E-state index contributed by atoms with van der Waals surface area (Å²) in [6.45, 7) is 1.96. The van der Waals surface area contributed by atoms with Gasteiger partial charge in [0, 0.05) is 5.54 Å². The van der Waals surface area contributed by atoms with Crippen LogP contribution in [-0.2, 0) is 5.54 Å². The number of benzene rings is 1. The quantitative estimate of drug-likeness (QED) is 0.885. The van der Waals surface area contributed by atoms with E-state index in [2.05, 4.69) is 0 Å². The zero-order chi connectivity index (χ0) is 11.9. The van der Waals surface area contributed by atoms with Gasteiger partial charge >= 0.3 is 0 Å². The van der Waals surface area contributed by atoms with Crippen LogP contribution in [0.1, 0.15) is 24.0 Å². The summed E-state index contributed by atoms with van der Waals surface area (Å²) in [5.41, 5.74) is 8.03. The molecule has 0 atom stereocenters. The Morgan fingerprint density at radius 3 is 2.38 bits per heavy atom. The molecular weight excluding hydrogens is 226 g/mol. The van der Waals surface area contributed by atoms with Crippen LogP contribution in [0.2, 0.25) is 5.02 Å². The summed E-state index contributed by atoms with van der Waals surface area (Å²) in [6.07, 6.45) is 2.00. The molecule has 1 fully saturated rings. The van der Waals surface area contributed by atoms with Crippen LogP contribution in [0, 0.1) is 6.92 Å². The molecule has 0 heterocycles. The second kappa shape index (κ2) is 3.82. The van der Waals surface area contributed by atoms with Gasteiger partial charge in [-0.2, -0.15) is 0 Å². The summed E-state index contributed by atoms with van der Waals surface area (Å²) < 4.78 is 10.5. The number of hydrogen-bond donors (Lipinski definition) is 1. The Hall–Kier alpha value is -0.930. The molecule has 1 aliphatic carbocycles. The van der Waals surface area contributed by atoms with E-state index in [-0.39, 0.29) is 5.54 Å². The molecule has 0 bridgehead atoms. The van der Waals surface area contributed by atoms with Crippen LogP contribution in [0.3, 0.4) is 0 Å². The highest BCUT2D eigenvalue weighted by Crippen LogP contribution is 2.49. The van der Waals surface area contributed by atoms with Gasteiger partial charge in [0.15, 0.2) is 11.5 Å². The maximum Gasteiger partial charge on any atom is 0.179 e. The van der Waals surface area contributed by atoms with Gasteiger partial charge in [0.25, 0.3) is 0 Å². The van der Waals surface area contributed by atoms with Gasteiger partial charge in [-0.15, -0.1) is 0 Å². The molecule has 0 aromatic heterocycles. The van der Waals surface area contributed by atoms with Crippen molar-refractivity contribution in [2.45, 2.75) is 25.3 Å². The van der Waals surface area contributed by atoms with Crippen LogP contribution in [0.25, 0.3) is 0 Å². The lowest BCUT2D eigenvalue weighted by atomic mass is 9.99. The second-order valence-corrected chi connectivity index (χ2v) is 4.63. The fraction of sp³-hybridized carbons (Fsp3) is 0.500. The summed E-state index contributed by atoms with van der Waals surface area (Å²) in [6, 6.07) is 1.94. The first-order valence-electron chi connectivity index (χ1n) is 5.24. The lowest BCUT2D eigenvalue weighted by Gasteiger charge is -2.18. The van der Waals surface area contributed by atoms with Crippen molar-refractivity contribution in [3.05, 3.63) is 22.2 Å². The van der Waals surface area contributed by atoms with Crippen LogP contribution in [0.5, 0.6) is 11.5 Å². The number of ether oxygens (including phenoxy) is 2. The first-order chi connectivity index (χ1) is 7.53. The molecule has 2 N–H and O–H groups in total. The number of methoxy groups -OCH3 is 2. The Bertz CT molecular complexity index is 428. The Labute approximate surface area is 100 Å². The molecule has 0 aliphatic heterocycles. The van der Waals surface area contributed by atoms with E-state index in [0.717, 1.165) is 24.0 Å². The van der Waals surface area contributed by atoms with E-state index in [1.807, 2.05) is 13.0 Å². The lowest BCUT2D eigenvalue weighted by molar-refractivity contribution is 0.354. The lowest BCUT2D eigenvalue weighted by Crippen LogP contribution is -2.20. The van der Waals surface area contributed by atoms with E-state index < -0.39 is 0 Å². The molecule has 1 saturated carbocycles. The van der Waals surface area contributed by atoms with Crippen LogP contribution >= 0.6 is 11.6 Å². The number of nitrogens with two attached hydrogens (primary N) is 1. The largest absolute Gasteiger partial charge is 0.493 e. The van der Waals surface area contributed by atoms with Crippen molar-refractivity contribution in [2.24, 2.45) is 5.73 Å². The minimum atomic E-state index is -0.215. The predicted octanol–water partition coefficient (Wildman–Crippen LogP) is 2.61. The topological polar surface area (TPSA) is 44.5 Å². The van der Waals surface area contributed by atoms with E-state index in [1.165, 1.54) is 0 Å². The van der Waals surface area contributed by atoms with Crippen LogP contribution < -0.4 is 15.2 Å². The van der Waals surface area contributed by atoms with Crippen molar-refractivity contribution < 1.29 is 9.47 Å². The minimum absolute atomic E-state index is 0.215. The average molecular weight is 242 g/mol. The van der Waals surface area contributed by atoms with E-state index in [4.69, 9.17) is 26.8 Å². The molecule has 2 rings (SSSR count). The van der Waals surface area contributed by atoms with E-state index in [1.54, 1.807) is 14.2 Å². The highest BCUT2D eigenvalue weighted by molar-refractivity contribution is 6.33. The van der Waals surface area contributed by atoms with Crippen LogP contribution in [0.15, 0.2) is 6.07 Å². The molecule has 0 spiro atoms. The molecule has 3 nitrogen and oxygen atoms in total. The van der Waals surface area contributed by atoms with Crippen molar-refractivity contribution in [1.82, 2.24) is 0 Å². The van der Waals surface area contributed by atoms with Crippen molar-refractivity contribution in [3.8, 4) is 11.5 Å². The zero-order valence-corrected chi connectivity index (χ0v) is 10.5. The second-order valence-electron chi connectivity index (χ2n) is 4.25. The number of halogens is 1. The van der Waals surface area contributed by atoms with Gasteiger partial charge in [0.1, 0.15) is 0 Å². The monoisotopic (exact) mass is 241 g/mol. The van der Waals surface area contributed by atoms with E-state index in [9.17, 15) is 0 Å². The zero-order valence-electron chi connectivity index (χ0n) is 9.76. The van der Waals surface area contributed by atoms with Crippen molar-refractivity contribution in [3.63, 3.8) is 0 Å². The van der Waals surface area contributed by atoms with Crippen molar-refractivity contribution in [1.29, 1.82) is 0 Å². The van der Waals surface area contributed by atoms with Crippen molar-refractivity contribution >= 4 is 11.6 Å². The van der Waals surface area contributed by atoms with Gasteiger partial charge in [-0.05, 0) is 37.0 Å². The van der Waals surface area contributed by atoms with E-state index >= 15 is 0 Å². The third-order valence-electron chi connectivity index (χ3n) is 3.18. The van der Waals surface area contributed by atoms with Crippen LogP contribution in [-0.4, -0.2) is 14.2 Å². The smallest absolute Gasteiger partial charge is 0.179 e. The Morgan fingerprint density at radius 2 is 1.94 bits per heavy atom. The van der Waals surface area contributed by atoms with Gasteiger partial charge in [0.2, 0.25) is 0 Å². The first-order valence-corrected chi connectivity index (χ1v) is 5.61. The molecule has 0 radical (unpaired) electrons. The highest BCUT2D eigenvalue weighted by Gasteiger charge is 2.42. The summed E-state index contributed by atoms with van der Waals surface area (Å²) in [5.74, 6) is 1.22. The highest BCUT2D eigenvalue weighted by atomic mass is 35.5.